The Morgan fingerprint density at radius 3 is 2.00 bits per heavy atom. The van der Waals surface area contributed by atoms with Crippen molar-refractivity contribution in [2.75, 3.05) is 6.54 Å². The van der Waals surface area contributed by atoms with Gasteiger partial charge in [-0.15, -0.1) is 0 Å². The summed E-state index contributed by atoms with van der Waals surface area (Å²) in [5, 5.41) is 2.91. The molecule has 0 heterocycles. The molecule has 3 aromatic carbocycles. The summed E-state index contributed by atoms with van der Waals surface area (Å²) in [6.07, 6.45) is 0. The molecule has 0 aliphatic carbocycles. The van der Waals surface area contributed by atoms with E-state index in [-0.39, 0.29) is 29.9 Å². The lowest BCUT2D eigenvalue weighted by atomic mass is 10.1. The van der Waals surface area contributed by atoms with Gasteiger partial charge in [0.1, 0.15) is 0 Å². The van der Waals surface area contributed by atoms with E-state index >= 15 is 0 Å². The van der Waals surface area contributed by atoms with Crippen molar-refractivity contribution in [2.45, 2.75) is 31.3 Å². The zero-order chi connectivity index (χ0) is 23.3. The summed E-state index contributed by atoms with van der Waals surface area (Å²) in [6.45, 7) is 3.57. The highest BCUT2D eigenvalue weighted by Crippen LogP contribution is 2.21. The third kappa shape index (κ3) is 6.51. The van der Waals surface area contributed by atoms with Gasteiger partial charge in [-0.3, -0.25) is 4.79 Å². The number of nitrogens with zero attached hydrogens (tertiary/aromatic N) is 1. The lowest BCUT2D eigenvalue weighted by molar-refractivity contribution is -0.122. The minimum atomic E-state index is -3.87. The number of rotatable bonds is 8. The Hall–Kier alpha value is -2.00. The van der Waals surface area contributed by atoms with Crippen LogP contribution in [0.1, 0.15) is 29.7 Å². The van der Waals surface area contributed by atoms with Crippen LogP contribution in [0.2, 0.25) is 0 Å². The Balaban J connectivity index is 1.82. The number of nitrogens with one attached hydrogen (secondary N) is 1. The van der Waals surface area contributed by atoms with Crippen molar-refractivity contribution >= 4 is 47.8 Å². The van der Waals surface area contributed by atoms with Gasteiger partial charge in [0.05, 0.1) is 17.5 Å². The highest BCUT2D eigenvalue weighted by molar-refractivity contribution is 9.10. The molecule has 1 amide bonds. The Labute approximate surface area is 206 Å². The quantitative estimate of drug-likeness (QED) is 0.378. The fraction of sp³-hybridized carbons (Fsp3) is 0.208. The van der Waals surface area contributed by atoms with Gasteiger partial charge in [0.15, 0.2) is 0 Å². The molecule has 1 atom stereocenters. The Morgan fingerprint density at radius 2 is 1.44 bits per heavy atom. The molecule has 1 N–H and O–H groups in total. The van der Waals surface area contributed by atoms with Crippen LogP contribution in [0, 0.1) is 6.92 Å². The molecule has 168 valence electrons. The van der Waals surface area contributed by atoms with E-state index in [0.29, 0.717) is 0 Å². The van der Waals surface area contributed by atoms with E-state index in [0.717, 1.165) is 25.6 Å². The third-order valence-electron chi connectivity index (χ3n) is 5.00. The summed E-state index contributed by atoms with van der Waals surface area (Å²) in [7, 11) is -3.87. The first-order valence-corrected chi connectivity index (χ1v) is 13.0. The van der Waals surface area contributed by atoms with E-state index in [2.05, 4.69) is 37.2 Å². The van der Waals surface area contributed by atoms with E-state index in [1.807, 2.05) is 62.4 Å². The largest absolute Gasteiger partial charge is 0.348 e. The molecule has 3 aromatic rings. The fourth-order valence-corrected chi connectivity index (χ4v) is 5.07. The van der Waals surface area contributed by atoms with Gasteiger partial charge in [-0.25, -0.2) is 8.42 Å². The highest BCUT2D eigenvalue weighted by Gasteiger charge is 2.27. The first kappa shape index (κ1) is 24.6. The molecule has 32 heavy (non-hydrogen) atoms. The molecule has 0 aliphatic heterocycles. The molecular formula is C24H24Br2N2O3S. The van der Waals surface area contributed by atoms with Gasteiger partial charge in [0.2, 0.25) is 15.9 Å². The van der Waals surface area contributed by atoms with Crippen molar-refractivity contribution in [1.82, 2.24) is 9.62 Å². The highest BCUT2D eigenvalue weighted by atomic mass is 79.9. The molecule has 0 spiro atoms. The van der Waals surface area contributed by atoms with Crippen LogP contribution in [-0.4, -0.2) is 25.2 Å². The Morgan fingerprint density at radius 1 is 0.906 bits per heavy atom. The van der Waals surface area contributed by atoms with Crippen LogP contribution in [-0.2, 0) is 21.4 Å². The van der Waals surface area contributed by atoms with Crippen LogP contribution >= 0.6 is 31.9 Å². The number of aryl methyl sites for hydroxylation is 1. The van der Waals surface area contributed by atoms with Crippen molar-refractivity contribution in [3.8, 4) is 0 Å². The minimum absolute atomic E-state index is 0.0869. The second-order valence-corrected chi connectivity index (χ2v) is 11.3. The molecule has 0 bridgehead atoms. The van der Waals surface area contributed by atoms with Gasteiger partial charge >= 0.3 is 0 Å². The summed E-state index contributed by atoms with van der Waals surface area (Å²) in [4.78, 5) is 13.0. The van der Waals surface area contributed by atoms with Crippen LogP contribution in [0.5, 0.6) is 0 Å². The van der Waals surface area contributed by atoms with Crippen molar-refractivity contribution in [2.24, 2.45) is 0 Å². The molecule has 0 aliphatic rings. The molecule has 5 nitrogen and oxygen atoms in total. The number of hydrogen-bond donors (Lipinski definition) is 1. The van der Waals surface area contributed by atoms with E-state index in [1.165, 1.54) is 4.31 Å². The SMILES string of the molecule is Cc1ccc(S(=O)(=O)N(CC(=O)N[C@@H](C)c2ccc(Br)cc2)Cc2ccc(Br)cc2)cc1. The second-order valence-electron chi connectivity index (χ2n) is 7.55. The van der Waals surface area contributed by atoms with Crippen LogP contribution in [0.15, 0.2) is 86.6 Å². The Kier molecular flexibility index (Phi) is 8.27. The summed E-state index contributed by atoms with van der Waals surface area (Å²) in [5.41, 5.74) is 2.68. The molecule has 8 heteroatoms. The summed E-state index contributed by atoms with van der Waals surface area (Å²) >= 11 is 6.79. The van der Waals surface area contributed by atoms with Crippen molar-refractivity contribution < 1.29 is 13.2 Å². The van der Waals surface area contributed by atoms with Gasteiger partial charge in [0.25, 0.3) is 0 Å². The summed E-state index contributed by atoms with van der Waals surface area (Å²) < 4.78 is 29.8. The average molecular weight is 580 g/mol. The number of carbonyl (C=O) groups is 1. The van der Waals surface area contributed by atoms with Crippen LogP contribution < -0.4 is 5.32 Å². The number of halogens is 2. The van der Waals surface area contributed by atoms with E-state index in [4.69, 9.17) is 0 Å². The third-order valence-corrected chi connectivity index (χ3v) is 7.86. The van der Waals surface area contributed by atoms with Crippen molar-refractivity contribution in [3.05, 3.63) is 98.4 Å². The Bertz CT molecular complexity index is 1160. The molecule has 0 aromatic heterocycles. The lowest BCUT2D eigenvalue weighted by Gasteiger charge is -2.23. The second kappa shape index (κ2) is 10.7. The molecule has 3 rings (SSSR count). The molecule has 0 saturated heterocycles. The zero-order valence-corrected chi connectivity index (χ0v) is 21.7. The average Bonchev–Trinajstić information content (AvgIpc) is 2.75. The van der Waals surface area contributed by atoms with Crippen LogP contribution in [0.3, 0.4) is 0 Å². The monoisotopic (exact) mass is 578 g/mol. The normalized spacial score (nSPS) is 12.5. The number of sulfonamides is 1. The lowest BCUT2D eigenvalue weighted by Crippen LogP contribution is -2.41. The maximum Gasteiger partial charge on any atom is 0.243 e. The fourth-order valence-electron chi connectivity index (χ4n) is 3.16. The van der Waals surface area contributed by atoms with Gasteiger partial charge in [-0.1, -0.05) is 73.8 Å². The topological polar surface area (TPSA) is 66.5 Å². The van der Waals surface area contributed by atoms with E-state index in [9.17, 15) is 13.2 Å². The standard InChI is InChI=1S/C24H24Br2N2O3S/c1-17-3-13-23(14-4-17)32(30,31)28(15-19-5-9-21(25)10-6-19)16-24(29)27-18(2)20-7-11-22(26)12-8-20/h3-14,18H,15-16H2,1-2H3,(H,27,29)/t18-/m0/s1. The molecule has 0 radical (unpaired) electrons. The number of amides is 1. The summed E-state index contributed by atoms with van der Waals surface area (Å²) in [6, 6.07) is 21.4. The van der Waals surface area contributed by atoms with E-state index in [1.54, 1.807) is 24.3 Å². The molecule has 0 fully saturated rings. The molecule has 0 unspecified atom stereocenters. The first-order valence-electron chi connectivity index (χ1n) is 10.0. The predicted octanol–water partition coefficient (Wildman–Crippen LogP) is 5.59. The summed E-state index contributed by atoms with van der Waals surface area (Å²) in [5.74, 6) is -0.367. The minimum Gasteiger partial charge on any atom is -0.348 e. The molecular weight excluding hydrogens is 556 g/mol. The zero-order valence-electron chi connectivity index (χ0n) is 17.8. The van der Waals surface area contributed by atoms with Gasteiger partial charge < -0.3 is 5.32 Å². The predicted molar refractivity (Wildman–Crippen MR) is 134 cm³/mol. The van der Waals surface area contributed by atoms with E-state index < -0.39 is 10.0 Å². The smallest absolute Gasteiger partial charge is 0.243 e. The first-order chi connectivity index (χ1) is 15.1. The van der Waals surface area contributed by atoms with Gasteiger partial charge in [0, 0.05) is 15.5 Å². The number of hydrogen-bond acceptors (Lipinski definition) is 3. The molecule has 0 saturated carbocycles. The van der Waals surface area contributed by atoms with Crippen LogP contribution in [0.25, 0.3) is 0 Å². The number of carbonyl (C=O) groups excluding carboxylic acids is 1. The van der Waals surface area contributed by atoms with Gasteiger partial charge in [-0.2, -0.15) is 4.31 Å². The van der Waals surface area contributed by atoms with Crippen molar-refractivity contribution in [3.63, 3.8) is 0 Å². The van der Waals surface area contributed by atoms with Crippen LogP contribution in [0.4, 0.5) is 0 Å². The maximum absolute atomic E-state index is 13.4. The van der Waals surface area contributed by atoms with Gasteiger partial charge in [-0.05, 0) is 61.4 Å². The maximum atomic E-state index is 13.4. The number of benzene rings is 3. The van der Waals surface area contributed by atoms with Crippen molar-refractivity contribution in [1.29, 1.82) is 0 Å².